The molecule has 0 bridgehead atoms. The fraction of sp³-hybridized carbons (Fsp3) is 0.500. The number of ether oxygens (including phenoxy) is 1. The smallest absolute Gasteiger partial charge is 0.416 e. The number of fused-ring (bicyclic) bond motifs is 1. The molecule has 7 heteroatoms. The minimum Gasteiger partial charge on any atom is -0.464 e. The zero-order valence-corrected chi connectivity index (χ0v) is 14.2. The topological polar surface area (TPSA) is 41.6 Å². The van der Waals surface area contributed by atoms with Crippen LogP contribution in [-0.4, -0.2) is 25.7 Å². The molecule has 0 amide bonds. The van der Waals surface area contributed by atoms with Crippen molar-refractivity contribution in [3.05, 3.63) is 40.7 Å². The molecule has 1 N–H and O–H groups in total. The van der Waals surface area contributed by atoms with Crippen LogP contribution in [0.25, 0.3) is 0 Å². The summed E-state index contributed by atoms with van der Waals surface area (Å²) in [7, 11) is 1.81. The van der Waals surface area contributed by atoms with Crippen molar-refractivity contribution in [2.45, 2.75) is 44.8 Å². The number of carbonyl (C=O) groups excluding carboxylic acids is 1. The van der Waals surface area contributed by atoms with Crippen molar-refractivity contribution in [2.75, 3.05) is 18.6 Å². The van der Waals surface area contributed by atoms with Gasteiger partial charge in [0.05, 0.1) is 12.2 Å². The second-order valence-electron chi connectivity index (χ2n) is 6.37. The summed E-state index contributed by atoms with van der Waals surface area (Å²) in [6, 6.07) is 3.39. The number of benzene rings is 1. The van der Waals surface area contributed by atoms with Gasteiger partial charge in [0.2, 0.25) is 0 Å². The van der Waals surface area contributed by atoms with E-state index in [0.717, 1.165) is 36.0 Å². The van der Waals surface area contributed by atoms with E-state index in [2.05, 4.69) is 5.32 Å². The number of esters is 1. The van der Waals surface area contributed by atoms with Gasteiger partial charge in [0.15, 0.2) is 0 Å². The van der Waals surface area contributed by atoms with E-state index in [1.165, 1.54) is 12.1 Å². The molecule has 2 heterocycles. The first-order valence-electron chi connectivity index (χ1n) is 8.40. The van der Waals surface area contributed by atoms with Crippen LogP contribution in [0.3, 0.4) is 0 Å². The highest BCUT2D eigenvalue weighted by atomic mass is 19.4. The van der Waals surface area contributed by atoms with E-state index in [0.29, 0.717) is 25.0 Å². The van der Waals surface area contributed by atoms with Crippen LogP contribution in [0.15, 0.2) is 29.6 Å². The molecule has 0 fully saturated rings. The van der Waals surface area contributed by atoms with Gasteiger partial charge in [-0.1, -0.05) is 0 Å². The Labute approximate surface area is 144 Å². The van der Waals surface area contributed by atoms with Gasteiger partial charge in [-0.25, -0.2) is 4.79 Å². The van der Waals surface area contributed by atoms with Crippen LogP contribution < -0.4 is 10.2 Å². The minimum absolute atomic E-state index is 0.289. The summed E-state index contributed by atoms with van der Waals surface area (Å²) in [5.74, 6) is 0.519. The van der Waals surface area contributed by atoms with E-state index >= 15 is 0 Å². The normalized spacial score (nSPS) is 20.4. The molecule has 1 aromatic carbocycles. The Morgan fingerprint density at radius 3 is 2.84 bits per heavy atom. The molecule has 25 heavy (non-hydrogen) atoms. The van der Waals surface area contributed by atoms with Crippen LogP contribution in [0.1, 0.15) is 37.3 Å². The van der Waals surface area contributed by atoms with Crippen molar-refractivity contribution in [3.63, 3.8) is 0 Å². The summed E-state index contributed by atoms with van der Waals surface area (Å²) in [5.41, 5.74) is 1.78. The Hall–Kier alpha value is -2.18. The van der Waals surface area contributed by atoms with Crippen LogP contribution in [0.4, 0.5) is 18.9 Å². The minimum atomic E-state index is -4.35. The predicted octanol–water partition coefficient (Wildman–Crippen LogP) is 3.61. The van der Waals surface area contributed by atoms with Gasteiger partial charge in [-0.2, -0.15) is 13.2 Å². The molecule has 0 radical (unpaired) electrons. The van der Waals surface area contributed by atoms with Gasteiger partial charge in [0.25, 0.3) is 0 Å². The zero-order chi connectivity index (χ0) is 18.2. The van der Waals surface area contributed by atoms with Crippen LogP contribution in [0.2, 0.25) is 0 Å². The Bertz CT molecular complexity index is 713. The Morgan fingerprint density at radius 1 is 1.40 bits per heavy atom. The van der Waals surface area contributed by atoms with Crippen molar-refractivity contribution in [3.8, 4) is 0 Å². The first kappa shape index (κ1) is 17.6. The molecular weight excluding hydrogens is 333 g/mol. The molecule has 1 unspecified atom stereocenters. The molecule has 1 aromatic rings. The Kier molecular flexibility index (Phi) is 4.67. The molecular formula is C18H21F3N2O2. The summed E-state index contributed by atoms with van der Waals surface area (Å²) >= 11 is 0. The number of rotatable bonds is 2. The average molecular weight is 354 g/mol. The third-order valence-corrected chi connectivity index (χ3v) is 4.70. The Morgan fingerprint density at radius 2 is 2.16 bits per heavy atom. The fourth-order valence-electron chi connectivity index (χ4n) is 3.48. The van der Waals surface area contributed by atoms with Crippen molar-refractivity contribution in [1.29, 1.82) is 0 Å². The highest BCUT2D eigenvalue weighted by Gasteiger charge is 2.34. The fourth-order valence-corrected chi connectivity index (χ4v) is 3.48. The molecule has 4 nitrogen and oxygen atoms in total. The molecule has 0 aromatic heterocycles. The number of carbonyl (C=O) groups is 1. The molecule has 0 saturated heterocycles. The quantitative estimate of drug-likeness (QED) is 0.824. The average Bonchev–Trinajstić information content (AvgIpc) is 2.77. The largest absolute Gasteiger partial charge is 0.464 e. The molecule has 2 aliphatic rings. The second kappa shape index (κ2) is 6.61. The van der Waals surface area contributed by atoms with Crippen LogP contribution >= 0.6 is 0 Å². The summed E-state index contributed by atoms with van der Waals surface area (Å²) in [5, 5.41) is 3.25. The first-order valence-corrected chi connectivity index (χ1v) is 8.40. The second-order valence-corrected chi connectivity index (χ2v) is 6.37. The van der Waals surface area contributed by atoms with E-state index in [-0.39, 0.29) is 5.97 Å². The molecule has 0 saturated carbocycles. The van der Waals surface area contributed by atoms with Crippen LogP contribution in [-0.2, 0) is 22.1 Å². The number of nitrogens with one attached hydrogen (secondary N) is 1. The summed E-state index contributed by atoms with van der Waals surface area (Å²) in [4.78, 5) is 13.9. The maximum absolute atomic E-state index is 13.0. The standard InChI is InChI=1S/C18H21F3N2O2/c1-3-25-17(24)14-6-4-5-11-9-12-10-13(18(19,20)21)7-8-15(12)23(2)16(11)22-14/h7-8,10,14,22H,3-6,9H2,1-2H3. The molecule has 1 atom stereocenters. The van der Waals surface area contributed by atoms with E-state index < -0.39 is 17.8 Å². The summed E-state index contributed by atoms with van der Waals surface area (Å²) in [6.45, 7) is 2.09. The Balaban J connectivity index is 1.90. The van der Waals surface area contributed by atoms with Gasteiger partial charge in [-0.05, 0) is 61.9 Å². The van der Waals surface area contributed by atoms with Gasteiger partial charge < -0.3 is 15.0 Å². The molecule has 3 rings (SSSR count). The number of nitrogens with zero attached hydrogens (tertiary/aromatic N) is 1. The number of anilines is 1. The van der Waals surface area contributed by atoms with E-state index in [1.807, 2.05) is 4.90 Å². The maximum Gasteiger partial charge on any atom is 0.416 e. The number of hydrogen-bond donors (Lipinski definition) is 1. The maximum atomic E-state index is 13.0. The lowest BCUT2D eigenvalue weighted by Crippen LogP contribution is -2.42. The van der Waals surface area contributed by atoms with Gasteiger partial charge >= 0.3 is 12.1 Å². The molecule has 0 aliphatic carbocycles. The number of allylic oxidation sites excluding steroid dienone is 1. The third-order valence-electron chi connectivity index (χ3n) is 4.70. The van der Waals surface area contributed by atoms with Crippen molar-refractivity contribution < 1.29 is 22.7 Å². The van der Waals surface area contributed by atoms with Crippen molar-refractivity contribution in [1.82, 2.24) is 5.32 Å². The van der Waals surface area contributed by atoms with Crippen LogP contribution in [0.5, 0.6) is 0 Å². The summed E-state index contributed by atoms with van der Waals surface area (Å²) in [6.07, 6.45) is -1.71. The molecule has 136 valence electrons. The number of halogens is 3. The van der Waals surface area contributed by atoms with Crippen molar-refractivity contribution >= 4 is 11.7 Å². The van der Waals surface area contributed by atoms with Gasteiger partial charge in [0.1, 0.15) is 11.9 Å². The number of alkyl halides is 3. The molecule has 2 aliphatic heterocycles. The SMILES string of the molecule is CCOC(=O)C1CCCC2=C(N1)N(C)c1ccc(C(F)(F)F)cc1C2. The zero-order valence-electron chi connectivity index (χ0n) is 14.2. The van der Waals surface area contributed by atoms with E-state index in [9.17, 15) is 18.0 Å². The number of hydrogen-bond acceptors (Lipinski definition) is 4. The van der Waals surface area contributed by atoms with E-state index in [4.69, 9.17) is 4.74 Å². The lowest BCUT2D eigenvalue weighted by Gasteiger charge is -2.34. The lowest BCUT2D eigenvalue weighted by molar-refractivity contribution is -0.145. The highest BCUT2D eigenvalue weighted by Crippen LogP contribution is 2.38. The predicted molar refractivity (Wildman–Crippen MR) is 88.0 cm³/mol. The van der Waals surface area contributed by atoms with Gasteiger partial charge in [-0.15, -0.1) is 0 Å². The van der Waals surface area contributed by atoms with Gasteiger partial charge in [-0.3, -0.25) is 0 Å². The lowest BCUT2D eigenvalue weighted by atomic mass is 9.94. The monoisotopic (exact) mass is 354 g/mol. The van der Waals surface area contributed by atoms with E-state index in [1.54, 1.807) is 14.0 Å². The van der Waals surface area contributed by atoms with Gasteiger partial charge in [0, 0.05) is 12.7 Å². The van der Waals surface area contributed by atoms with Crippen LogP contribution in [0, 0.1) is 0 Å². The first-order chi connectivity index (χ1) is 11.8. The summed E-state index contributed by atoms with van der Waals surface area (Å²) < 4.78 is 44.0. The van der Waals surface area contributed by atoms with Crippen molar-refractivity contribution in [2.24, 2.45) is 0 Å². The highest BCUT2D eigenvalue weighted by molar-refractivity contribution is 5.76. The molecule has 0 spiro atoms. The third kappa shape index (κ3) is 3.45.